The van der Waals surface area contributed by atoms with Crippen LogP contribution in [0.5, 0.6) is 0 Å². The second kappa shape index (κ2) is 6.71. The molecule has 3 atom stereocenters. The molecule has 3 N–H and O–H groups in total. The Bertz CT molecular complexity index is 404. The van der Waals surface area contributed by atoms with Crippen molar-refractivity contribution in [2.75, 3.05) is 0 Å². The number of carbonyl (C=O) groups excluding carboxylic acids is 1. The molecule has 0 heterocycles. The predicted octanol–water partition coefficient (Wildman–Crippen LogP) is 2.77. The van der Waals surface area contributed by atoms with Gasteiger partial charge in [0.1, 0.15) is 6.04 Å². The fourth-order valence-electron chi connectivity index (χ4n) is 2.97. The van der Waals surface area contributed by atoms with E-state index in [9.17, 15) is 4.79 Å². The van der Waals surface area contributed by atoms with Gasteiger partial charge in [-0.2, -0.15) is 0 Å². The van der Waals surface area contributed by atoms with Crippen molar-refractivity contribution in [3.8, 4) is 0 Å². The van der Waals surface area contributed by atoms with Crippen LogP contribution in [0.4, 0.5) is 0 Å². The molecule has 2 rings (SSSR count). The topological polar surface area (TPSA) is 55.1 Å². The molecule has 0 spiro atoms. The van der Waals surface area contributed by atoms with Crippen molar-refractivity contribution in [2.24, 2.45) is 11.7 Å². The number of amides is 1. The molecule has 1 amide bonds. The van der Waals surface area contributed by atoms with Crippen molar-refractivity contribution < 1.29 is 4.79 Å². The summed E-state index contributed by atoms with van der Waals surface area (Å²) in [4.78, 5) is 12.2. The van der Waals surface area contributed by atoms with Gasteiger partial charge in [-0.1, -0.05) is 56.5 Å². The Morgan fingerprint density at radius 1 is 1.32 bits per heavy atom. The largest absolute Gasteiger partial charge is 0.351 e. The van der Waals surface area contributed by atoms with Gasteiger partial charge in [-0.15, -0.1) is 0 Å². The van der Waals surface area contributed by atoms with E-state index in [2.05, 4.69) is 12.2 Å². The molecule has 3 unspecified atom stereocenters. The van der Waals surface area contributed by atoms with Crippen molar-refractivity contribution in [3.63, 3.8) is 0 Å². The van der Waals surface area contributed by atoms with Gasteiger partial charge >= 0.3 is 0 Å². The summed E-state index contributed by atoms with van der Waals surface area (Å²) in [5.41, 5.74) is 6.91. The molecule has 3 nitrogen and oxygen atoms in total. The van der Waals surface area contributed by atoms with Crippen LogP contribution in [0.3, 0.4) is 0 Å². The third-order valence-corrected chi connectivity index (χ3v) is 4.20. The monoisotopic (exact) mass is 260 g/mol. The second-order valence-electron chi connectivity index (χ2n) is 5.46. The smallest absolute Gasteiger partial charge is 0.241 e. The third kappa shape index (κ3) is 3.57. The van der Waals surface area contributed by atoms with Crippen molar-refractivity contribution in [1.82, 2.24) is 5.32 Å². The molecule has 0 saturated heterocycles. The Morgan fingerprint density at radius 2 is 2.00 bits per heavy atom. The number of hydrogen-bond donors (Lipinski definition) is 2. The molecular formula is C16H24N2O. The standard InChI is InChI=1S/C16H24N2O/c1-2-12-8-6-7-11-14(12)18-16(19)15(17)13-9-4-3-5-10-13/h3-5,9-10,12,14-15H,2,6-8,11,17H2,1H3,(H,18,19). The molecule has 1 aromatic rings. The van der Waals surface area contributed by atoms with E-state index in [0.29, 0.717) is 12.0 Å². The summed E-state index contributed by atoms with van der Waals surface area (Å²) >= 11 is 0. The molecule has 1 aromatic carbocycles. The molecule has 1 saturated carbocycles. The molecule has 0 bridgehead atoms. The molecule has 1 fully saturated rings. The van der Waals surface area contributed by atoms with E-state index in [1.165, 1.54) is 19.3 Å². The Morgan fingerprint density at radius 3 is 2.68 bits per heavy atom. The van der Waals surface area contributed by atoms with Crippen LogP contribution in [0, 0.1) is 5.92 Å². The van der Waals surface area contributed by atoms with Gasteiger partial charge in [0.25, 0.3) is 0 Å². The van der Waals surface area contributed by atoms with Gasteiger partial charge in [-0.05, 0) is 24.3 Å². The lowest BCUT2D eigenvalue weighted by molar-refractivity contribution is -0.123. The van der Waals surface area contributed by atoms with E-state index in [1.54, 1.807) is 0 Å². The second-order valence-corrected chi connectivity index (χ2v) is 5.46. The molecule has 3 heteroatoms. The first-order valence-electron chi connectivity index (χ1n) is 7.33. The first-order valence-corrected chi connectivity index (χ1v) is 7.33. The molecule has 0 aromatic heterocycles. The first-order chi connectivity index (χ1) is 9.22. The quantitative estimate of drug-likeness (QED) is 0.874. The highest BCUT2D eigenvalue weighted by atomic mass is 16.2. The summed E-state index contributed by atoms with van der Waals surface area (Å²) in [5, 5.41) is 3.15. The van der Waals surface area contributed by atoms with Crippen LogP contribution >= 0.6 is 0 Å². The lowest BCUT2D eigenvalue weighted by Gasteiger charge is -2.32. The van der Waals surface area contributed by atoms with E-state index >= 15 is 0 Å². The van der Waals surface area contributed by atoms with Crippen LogP contribution in [0.25, 0.3) is 0 Å². The van der Waals surface area contributed by atoms with Gasteiger partial charge in [-0.25, -0.2) is 0 Å². The Kier molecular flexibility index (Phi) is 4.97. The average molecular weight is 260 g/mol. The molecule has 1 aliphatic carbocycles. The lowest BCUT2D eigenvalue weighted by Crippen LogP contribution is -2.45. The highest BCUT2D eigenvalue weighted by molar-refractivity contribution is 5.83. The Balaban J connectivity index is 1.96. The van der Waals surface area contributed by atoms with Crippen LogP contribution in [0.2, 0.25) is 0 Å². The zero-order valence-electron chi connectivity index (χ0n) is 11.6. The van der Waals surface area contributed by atoms with Crippen molar-refractivity contribution in [2.45, 2.75) is 51.1 Å². The van der Waals surface area contributed by atoms with Crippen molar-refractivity contribution >= 4 is 5.91 Å². The number of hydrogen-bond acceptors (Lipinski definition) is 2. The fourth-order valence-corrected chi connectivity index (χ4v) is 2.97. The van der Waals surface area contributed by atoms with Gasteiger partial charge < -0.3 is 11.1 Å². The summed E-state index contributed by atoms with van der Waals surface area (Å²) in [6.07, 6.45) is 5.94. The highest BCUT2D eigenvalue weighted by Gasteiger charge is 2.27. The average Bonchev–Trinajstić information content (AvgIpc) is 2.48. The molecule has 0 radical (unpaired) electrons. The van der Waals surface area contributed by atoms with E-state index in [4.69, 9.17) is 5.73 Å². The first kappa shape index (κ1) is 14.1. The molecule has 104 valence electrons. The van der Waals surface area contributed by atoms with Gasteiger partial charge in [0.05, 0.1) is 0 Å². The maximum absolute atomic E-state index is 12.2. The number of nitrogens with two attached hydrogens (primary N) is 1. The number of nitrogens with one attached hydrogen (secondary N) is 1. The van der Waals surface area contributed by atoms with Crippen LogP contribution < -0.4 is 11.1 Å². The van der Waals surface area contributed by atoms with Crippen molar-refractivity contribution in [3.05, 3.63) is 35.9 Å². The predicted molar refractivity (Wildman–Crippen MR) is 77.6 cm³/mol. The van der Waals surface area contributed by atoms with Gasteiger partial charge in [-0.3, -0.25) is 4.79 Å². The minimum atomic E-state index is -0.555. The summed E-state index contributed by atoms with van der Waals surface area (Å²) in [6.45, 7) is 2.20. The van der Waals surface area contributed by atoms with E-state index in [1.807, 2.05) is 30.3 Å². The maximum Gasteiger partial charge on any atom is 0.241 e. The zero-order chi connectivity index (χ0) is 13.7. The summed E-state index contributed by atoms with van der Waals surface area (Å²) in [6, 6.07) is 9.32. The van der Waals surface area contributed by atoms with Crippen molar-refractivity contribution in [1.29, 1.82) is 0 Å². The molecule has 1 aliphatic rings. The number of benzene rings is 1. The normalized spacial score (nSPS) is 24.7. The number of rotatable bonds is 4. The van der Waals surface area contributed by atoms with E-state index in [0.717, 1.165) is 18.4 Å². The zero-order valence-corrected chi connectivity index (χ0v) is 11.6. The molecule has 0 aliphatic heterocycles. The number of carbonyl (C=O) groups is 1. The van der Waals surface area contributed by atoms with Crippen LogP contribution in [0.1, 0.15) is 50.6 Å². The summed E-state index contributed by atoms with van der Waals surface area (Å²) in [5.74, 6) is 0.567. The van der Waals surface area contributed by atoms with E-state index < -0.39 is 6.04 Å². The maximum atomic E-state index is 12.2. The van der Waals surface area contributed by atoms with Crippen LogP contribution in [-0.2, 0) is 4.79 Å². The highest BCUT2D eigenvalue weighted by Crippen LogP contribution is 2.27. The Hall–Kier alpha value is -1.35. The Labute approximate surface area is 115 Å². The summed E-state index contributed by atoms with van der Waals surface area (Å²) in [7, 11) is 0. The van der Waals surface area contributed by atoms with Crippen LogP contribution in [-0.4, -0.2) is 11.9 Å². The van der Waals surface area contributed by atoms with Gasteiger partial charge in [0.2, 0.25) is 5.91 Å². The lowest BCUT2D eigenvalue weighted by atomic mass is 9.82. The van der Waals surface area contributed by atoms with Crippen LogP contribution in [0.15, 0.2) is 30.3 Å². The SMILES string of the molecule is CCC1CCCCC1NC(=O)C(N)c1ccccc1. The molecular weight excluding hydrogens is 236 g/mol. The molecule has 19 heavy (non-hydrogen) atoms. The summed E-state index contributed by atoms with van der Waals surface area (Å²) < 4.78 is 0. The minimum absolute atomic E-state index is 0.0449. The third-order valence-electron chi connectivity index (χ3n) is 4.20. The van der Waals surface area contributed by atoms with Gasteiger partial charge in [0.15, 0.2) is 0 Å². The minimum Gasteiger partial charge on any atom is -0.351 e. The van der Waals surface area contributed by atoms with Gasteiger partial charge in [0, 0.05) is 6.04 Å². The fraction of sp³-hybridized carbons (Fsp3) is 0.562. The van der Waals surface area contributed by atoms with E-state index in [-0.39, 0.29) is 5.91 Å².